The topological polar surface area (TPSA) is 115 Å². The lowest BCUT2D eigenvalue weighted by atomic mass is 9.58. The van der Waals surface area contributed by atoms with Crippen molar-refractivity contribution in [3.63, 3.8) is 0 Å². The third kappa shape index (κ3) is 6.78. The van der Waals surface area contributed by atoms with E-state index >= 15 is 0 Å². The molecule has 0 amide bonds. The summed E-state index contributed by atoms with van der Waals surface area (Å²) in [6, 6.07) is 18.2. The standard InChI is InChI=1S/C38H39Cl2N3O7S/c1-48-31-10-8-24(16-33(31)49-2)32(17-27-29(39)20-43(47)21-30(27)40)50-36(44)34-11-9-26(51-34)18-42-22-38(37(45)46,25-6-4-3-5-7-25)35(42)28-19-41-14-12-23(28)13-15-41/h3-11,16,20-21,23,28,32,35H,12-15,17-19,22H2,1-2H3,(H-,45,46,47)/t28-,32-,35?,38?/m0/s1. The second-order valence-electron chi connectivity index (χ2n) is 13.6. The highest BCUT2D eigenvalue weighted by atomic mass is 35.5. The second-order valence-corrected chi connectivity index (χ2v) is 15.6. The third-order valence-corrected chi connectivity index (χ3v) is 12.5. The zero-order valence-corrected chi connectivity index (χ0v) is 30.6. The number of methoxy groups -OCH3 is 2. The average Bonchev–Trinajstić information content (AvgIpc) is 3.60. The number of carbonyl (C=O) groups excluding carboxylic acids is 2. The van der Waals surface area contributed by atoms with E-state index in [4.69, 9.17) is 37.4 Å². The van der Waals surface area contributed by atoms with Crippen molar-refractivity contribution in [1.82, 2.24) is 9.80 Å². The summed E-state index contributed by atoms with van der Waals surface area (Å²) in [5.41, 5.74) is 0.804. The van der Waals surface area contributed by atoms with E-state index in [9.17, 15) is 19.9 Å². The van der Waals surface area contributed by atoms with Crippen LogP contribution in [0.3, 0.4) is 0 Å². The molecule has 13 heteroatoms. The zero-order chi connectivity index (χ0) is 35.9. The predicted molar refractivity (Wildman–Crippen MR) is 190 cm³/mol. The Hall–Kier alpha value is -3.87. The summed E-state index contributed by atoms with van der Waals surface area (Å²) >= 11 is 14.3. The first-order valence-corrected chi connectivity index (χ1v) is 18.5. The molecule has 268 valence electrons. The molecule has 4 aliphatic rings. The number of likely N-dealkylation sites (tertiary alicyclic amines) is 1. The molecule has 4 aliphatic heterocycles. The van der Waals surface area contributed by atoms with Crippen LogP contribution in [0.15, 0.2) is 73.1 Å². The lowest BCUT2D eigenvalue weighted by molar-refractivity contribution is -0.904. The van der Waals surface area contributed by atoms with Crippen molar-refractivity contribution in [2.24, 2.45) is 11.8 Å². The highest BCUT2D eigenvalue weighted by Crippen LogP contribution is 2.50. The molecule has 1 N–H and O–H groups in total. The van der Waals surface area contributed by atoms with E-state index in [0.29, 0.717) is 46.5 Å². The highest BCUT2D eigenvalue weighted by Gasteiger charge is 2.59. The number of ether oxygens (including phenoxy) is 3. The van der Waals surface area contributed by atoms with Gasteiger partial charge in [0.2, 0.25) is 12.4 Å². The van der Waals surface area contributed by atoms with Gasteiger partial charge in [-0.1, -0.05) is 59.6 Å². The number of halogens is 2. The van der Waals surface area contributed by atoms with Gasteiger partial charge >= 0.3 is 5.97 Å². The number of hydrogen-bond donors (Lipinski definition) is 1. The van der Waals surface area contributed by atoms with Crippen LogP contribution < -0.4 is 19.3 Å². The van der Waals surface area contributed by atoms with Crippen molar-refractivity contribution >= 4 is 46.5 Å². The number of carbonyl (C=O) groups is 2. The number of pyridine rings is 1. The van der Waals surface area contributed by atoms with Crippen LogP contribution in [0.5, 0.6) is 11.5 Å². The molecule has 4 atom stereocenters. The van der Waals surface area contributed by atoms with Crippen LogP contribution >= 0.6 is 34.5 Å². The molecule has 2 aromatic heterocycles. The molecule has 2 bridgehead atoms. The van der Waals surface area contributed by atoms with Crippen LogP contribution in [0.2, 0.25) is 10.0 Å². The fourth-order valence-electron chi connectivity index (χ4n) is 8.33. The molecule has 2 unspecified atom stereocenters. The minimum Gasteiger partial charge on any atom is -0.549 e. The van der Waals surface area contributed by atoms with E-state index in [-0.39, 0.29) is 28.4 Å². The van der Waals surface area contributed by atoms with Crippen molar-refractivity contribution in [3.05, 3.63) is 110 Å². The van der Waals surface area contributed by atoms with Crippen molar-refractivity contribution in [1.29, 1.82) is 0 Å². The van der Waals surface area contributed by atoms with E-state index in [2.05, 4.69) is 9.80 Å². The van der Waals surface area contributed by atoms with Gasteiger partial charge in [-0.05, 0) is 73.2 Å². The number of rotatable bonds is 12. The predicted octanol–water partition coefficient (Wildman–Crippen LogP) is 4.95. The Bertz CT molecular complexity index is 1900. The summed E-state index contributed by atoms with van der Waals surface area (Å²) in [5.74, 6) is 0.0737. The Morgan fingerprint density at radius 2 is 1.73 bits per heavy atom. The molecule has 4 fully saturated rings. The number of nitrogens with zero attached hydrogens (tertiary/aromatic N) is 3. The van der Waals surface area contributed by atoms with Crippen molar-refractivity contribution < 1.29 is 38.8 Å². The van der Waals surface area contributed by atoms with Crippen molar-refractivity contribution in [3.8, 4) is 11.5 Å². The van der Waals surface area contributed by atoms with Gasteiger partial charge in [0.1, 0.15) is 21.0 Å². The summed E-state index contributed by atoms with van der Waals surface area (Å²) in [5, 5.41) is 23.4. The van der Waals surface area contributed by atoms with Crippen LogP contribution in [0.4, 0.5) is 0 Å². The number of piperidine rings is 3. The molecule has 4 aromatic rings. The molecule has 0 aliphatic carbocycles. The fourth-order valence-corrected chi connectivity index (χ4v) is 9.85. The molecular weight excluding hydrogens is 713 g/mol. The van der Waals surface area contributed by atoms with Gasteiger partial charge in [-0.2, -0.15) is 0 Å². The minimum absolute atomic E-state index is 0.123. The Kier molecular flexibility index (Phi) is 10.2. The molecule has 2 aromatic carbocycles. The number of thiophene rings is 1. The number of aromatic nitrogens is 1. The summed E-state index contributed by atoms with van der Waals surface area (Å²) in [6.07, 6.45) is 4.07. The lowest BCUT2D eigenvalue weighted by Gasteiger charge is -2.64. The maximum Gasteiger partial charge on any atom is 0.348 e. The van der Waals surface area contributed by atoms with E-state index in [0.717, 1.165) is 47.6 Å². The van der Waals surface area contributed by atoms with E-state index in [1.165, 1.54) is 38.0 Å². The monoisotopic (exact) mass is 751 g/mol. The van der Waals surface area contributed by atoms with Gasteiger partial charge in [0.15, 0.2) is 11.5 Å². The molecule has 6 heterocycles. The third-order valence-electron chi connectivity index (χ3n) is 10.8. The molecular formula is C38H39Cl2N3O7S. The minimum atomic E-state index is -1.11. The molecule has 0 radical (unpaired) electrons. The lowest BCUT2D eigenvalue weighted by Crippen LogP contribution is -2.77. The Balaban J connectivity index is 1.14. The van der Waals surface area contributed by atoms with Gasteiger partial charge in [-0.15, -0.1) is 11.3 Å². The number of hydrogen-bond acceptors (Lipinski definition) is 10. The number of carboxylic acid groups (broad SMARTS) is 1. The number of aliphatic carboxylic acids is 1. The quantitative estimate of drug-likeness (QED) is 0.122. The molecule has 0 saturated carbocycles. The van der Waals surface area contributed by atoms with E-state index in [1.54, 1.807) is 24.3 Å². The number of esters is 1. The summed E-state index contributed by atoms with van der Waals surface area (Å²) in [7, 11) is 3.06. The van der Waals surface area contributed by atoms with Crippen LogP contribution in [-0.4, -0.2) is 73.4 Å². The maximum absolute atomic E-state index is 13.8. The van der Waals surface area contributed by atoms with Gasteiger partial charge in [0.05, 0.1) is 25.6 Å². The Morgan fingerprint density at radius 3 is 2.35 bits per heavy atom. The SMILES string of the molecule is COc1ccc([C@H](Cc2c(Cl)c[n+](O)cc2Cl)OC(=O)c2ccc(CN3CC(C(=O)[O-])(c4ccccc4)C3[C@H]3CN4CCC3CC4)s2)cc1OC. The largest absolute Gasteiger partial charge is 0.549 e. The summed E-state index contributed by atoms with van der Waals surface area (Å²) in [6.45, 7) is 3.83. The molecule has 51 heavy (non-hydrogen) atoms. The maximum atomic E-state index is 13.8. The first kappa shape index (κ1) is 35.5. The molecule has 8 rings (SSSR count). The normalized spacial score (nSPS) is 24.8. The van der Waals surface area contributed by atoms with Gasteiger partial charge in [0.25, 0.3) is 0 Å². The van der Waals surface area contributed by atoms with E-state index in [1.807, 2.05) is 36.4 Å². The average molecular weight is 753 g/mol. The number of fused-ring (bicyclic) bond motifs is 3. The zero-order valence-electron chi connectivity index (χ0n) is 28.3. The van der Waals surface area contributed by atoms with Crippen molar-refractivity contribution in [2.45, 2.75) is 43.4 Å². The number of carboxylic acids is 1. The van der Waals surface area contributed by atoms with E-state index < -0.39 is 23.5 Å². The van der Waals surface area contributed by atoms with Gasteiger partial charge < -0.3 is 29.0 Å². The molecule has 10 nitrogen and oxygen atoms in total. The van der Waals surface area contributed by atoms with Crippen LogP contribution in [0.1, 0.15) is 50.2 Å². The van der Waals surface area contributed by atoms with Crippen LogP contribution in [-0.2, 0) is 27.9 Å². The van der Waals surface area contributed by atoms with Crippen LogP contribution in [0, 0.1) is 11.8 Å². The number of benzene rings is 2. The summed E-state index contributed by atoms with van der Waals surface area (Å²) < 4.78 is 17.8. The Morgan fingerprint density at radius 1 is 1.02 bits per heavy atom. The smallest absolute Gasteiger partial charge is 0.348 e. The molecule has 0 spiro atoms. The van der Waals surface area contributed by atoms with Gasteiger partial charge in [-0.3, -0.25) is 10.1 Å². The first-order valence-electron chi connectivity index (χ1n) is 16.9. The highest BCUT2D eigenvalue weighted by molar-refractivity contribution is 7.13. The molecule has 4 saturated heterocycles. The van der Waals surface area contributed by atoms with Crippen LogP contribution in [0.25, 0.3) is 0 Å². The second kappa shape index (κ2) is 14.6. The van der Waals surface area contributed by atoms with Gasteiger partial charge in [-0.25, -0.2) is 4.79 Å². The van der Waals surface area contributed by atoms with Crippen molar-refractivity contribution in [2.75, 3.05) is 40.4 Å². The van der Waals surface area contributed by atoms with Gasteiger partial charge in [0, 0.05) is 47.3 Å². The first-order chi connectivity index (χ1) is 24.6. The Labute approximate surface area is 310 Å². The summed E-state index contributed by atoms with van der Waals surface area (Å²) in [4.78, 5) is 32.9. The fraction of sp³-hybridized carbons (Fsp3) is 0.395.